The van der Waals surface area contributed by atoms with E-state index < -0.39 is 23.7 Å². The van der Waals surface area contributed by atoms with Gasteiger partial charge in [-0.15, -0.1) is 0 Å². The largest absolute Gasteiger partial charge is 0.496 e. The van der Waals surface area contributed by atoms with Gasteiger partial charge in [0.2, 0.25) is 17.8 Å². The molecule has 4 aliphatic heterocycles. The normalized spacial score (nSPS) is 21.9. The third-order valence-corrected chi connectivity index (χ3v) is 14.2. The van der Waals surface area contributed by atoms with Crippen molar-refractivity contribution >= 4 is 63.5 Å². The van der Waals surface area contributed by atoms with Crippen LogP contribution in [0.4, 0.5) is 21.8 Å². The fourth-order valence-corrected chi connectivity index (χ4v) is 10.4. The van der Waals surface area contributed by atoms with E-state index in [4.69, 9.17) is 30.8 Å². The number of hydrogen-bond acceptors (Lipinski definition) is 13. The minimum Gasteiger partial charge on any atom is -0.496 e. The van der Waals surface area contributed by atoms with Gasteiger partial charge >= 0.3 is 0 Å². The summed E-state index contributed by atoms with van der Waals surface area (Å²) >= 11 is 6.61. The maximum Gasteiger partial charge on any atom is 0.293 e. The Bertz CT molecular complexity index is 2620. The predicted octanol–water partition coefficient (Wildman–Crippen LogP) is 6.43. The van der Waals surface area contributed by atoms with Crippen LogP contribution in [-0.2, 0) is 25.7 Å². The summed E-state index contributed by atoms with van der Waals surface area (Å²) in [6.07, 6.45) is 7.85. The van der Waals surface area contributed by atoms with E-state index >= 15 is 4.39 Å². The van der Waals surface area contributed by atoms with Gasteiger partial charge < -0.3 is 38.8 Å². The average Bonchev–Trinajstić information content (AvgIpc) is 3.64. The average molecular weight is 927 g/mol. The van der Waals surface area contributed by atoms with Crippen LogP contribution in [0.5, 0.6) is 11.5 Å². The first kappa shape index (κ1) is 45.5. The lowest BCUT2D eigenvalue weighted by molar-refractivity contribution is -0.137. The Morgan fingerprint density at radius 3 is 2.45 bits per heavy atom. The molecule has 9 rings (SSSR count). The third kappa shape index (κ3) is 8.96. The quantitative estimate of drug-likeness (QED) is 0.132. The summed E-state index contributed by atoms with van der Waals surface area (Å²) in [6, 6.07) is 8.23. The Labute approximate surface area is 387 Å². The number of pyridine rings is 1. The van der Waals surface area contributed by atoms with Crippen molar-refractivity contribution in [3.8, 4) is 11.5 Å². The molecule has 1 atom stereocenters. The smallest absolute Gasteiger partial charge is 0.293 e. The number of nitrogens with zero attached hydrogens (tertiary/aromatic N) is 6. The number of benzene rings is 2. The summed E-state index contributed by atoms with van der Waals surface area (Å²) in [5.74, 6) is -0.410. The number of rotatable bonds is 14. The van der Waals surface area contributed by atoms with Crippen LogP contribution in [0.15, 0.2) is 41.3 Å². The fourth-order valence-electron chi connectivity index (χ4n) is 10.2. The molecule has 2 aromatic carbocycles. The number of methoxy groups -OCH3 is 1. The third-order valence-electron chi connectivity index (χ3n) is 13.9. The highest BCUT2D eigenvalue weighted by atomic mass is 35.5. The zero-order valence-electron chi connectivity index (χ0n) is 37.7. The first-order valence-electron chi connectivity index (χ1n) is 23.1. The van der Waals surface area contributed by atoms with Gasteiger partial charge in [-0.1, -0.05) is 18.5 Å². The Balaban J connectivity index is 0.759. The molecule has 1 aliphatic carbocycles. The molecule has 18 heteroatoms. The Hall–Kier alpha value is -5.65. The number of halogens is 2. The summed E-state index contributed by atoms with van der Waals surface area (Å²) in [4.78, 5) is 78.3. The highest BCUT2D eigenvalue weighted by Gasteiger charge is 2.44. The number of fused-ring (bicyclic) bond motifs is 2. The number of hydrogen-bond donors (Lipinski definition) is 2. The molecule has 3 amide bonds. The van der Waals surface area contributed by atoms with Crippen molar-refractivity contribution in [2.75, 3.05) is 50.1 Å². The molecular weight excluding hydrogens is 871 g/mol. The first-order valence-corrected chi connectivity index (χ1v) is 23.5. The number of anilines is 3. The van der Waals surface area contributed by atoms with Crippen molar-refractivity contribution < 1.29 is 37.8 Å². The molecule has 350 valence electrons. The van der Waals surface area contributed by atoms with Gasteiger partial charge in [0.1, 0.15) is 29.2 Å². The molecule has 0 bridgehead atoms. The van der Waals surface area contributed by atoms with Crippen molar-refractivity contribution in [3.63, 3.8) is 0 Å². The van der Waals surface area contributed by atoms with Crippen LogP contribution >= 0.6 is 11.6 Å². The van der Waals surface area contributed by atoms with Crippen LogP contribution in [-0.4, -0.2) is 112 Å². The number of carbonyl (C=O) groups is 4. The van der Waals surface area contributed by atoms with Crippen molar-refractivity contribution in [2.24, 2.45) is 0 Å². The molecule has 3 saturated heterocycles. The Morgan fingerprint density at radius 1 is 1.00 bits per heavy atom. The molecule has 5 aliphatic rings. The van der Waals surface area contributed by atoms with E-state index in [1.165, 1.54) is 11.0 Å². The molecule has 0 radical (unpaired) electrons. The SMILES string of the molecule is CCC(=O)COc1cc2cc(Nc3nc(N4CCC(OC5CC(N6CCC(c7cc(F)c8c(c7OC)CN(C7CCC(=O)NC7=O)C8=O)CC6)C5)CC4)ncc3Cl)ccc2n(C(C)C)c1=O. The van der Waals surface area contributed by atoms with Crippen molar-refractivity contribution in [1.82, 2.24) is 29.7 Å². The maximum atomic E-state index is 15.7. The summed E-state index contributed by atoms with van der Waals surface area (Å²) in [5, 5.41) is 6.76. The Kier molecular flexibility index (Phi) is 13.0. The number of ether oxygens (including phenoxy) is 3. The number of nitrogens with one attached hydrogen (secondary N) is 2. The summed E-state index contributed by atoms with van der Waals surface area (Å²) in [6.45, 7) is 8.70. The molecule has 6 heterocycles. The van der Waals surface area contributed by atoms with Crippen LogP contribution in [0.3, 0.4) is 0 Å². The van der Waals surface area contributed by atoms with Crippen LogP contribution in [0.1, 0.15) is 112 Å². The number of likely N-dealkylation sites (tertiary alicyclic amines) is 1. The maximum absolute atomic E-state index is 15.7. The van der Waals surface area contributed by atoms with Crippen molar-refractivity contribution in [3.05, 3.63) is 74.4 Å². The second-order valence-electron chi connectivity index (χ2n) is 18.3. The van der Waals surface area contributed by atoms with E-state index in [-0.39, 0.29) is 78.7 Å². The van der Waals surface area contributed by atoms with Crippen LogP contribution in [0, 0.1) is 5.82 Å². The molecule has 2 N–H and O–H groups in total. The summed E-state index contributed by atoms with van der Waals surface area (Å²) in [5.41, 5.74) is 2.35. The second-order valence-corrected chi connectivity index (χ2v) is 18.7. The molecule has 66 heavy (non-hydrogen) atoms. The number of amides is 3. The molecule has 16 nitrogen and oxygen atoms in total. The molecule has 4 fully saturated rings. The van der Waals surface area contributed by atoms with Gasteiger partial charge in [-0.3, -0.25) is 29.3 Å². The molecule has 0 spiro atoms. The molecule has 4 aromatic rings. The van der Waals surface area contributed by atoms with Crippen molar-refractivity contribution in [2.45, 2.75) is 121 Å². The van der Waals surface area contributed by atoms with E-state index in [9.17, 15) is 24.0 Å². The highest BCUT2D eigenvalue weighted by Crippen LogP contribution is 2.44. The molecule has 1 unspecified atom stereocenters. The predicted molar refractivity (Wildman–Crippen MR) is 245 cm³/mol. The molecular formula is C48H56ClFN8O8. The molecule has 1 saturated carbocycles. The van der Waals surface area contributed by atoms with E-state index in [1.807, 2.05) is 32.0 Å². The van der Waals surface area contributed by atoms with Crippen molar-refractivity contribution in [1.29, 1.82) is 0 Å². The number of carbonyl (C=O) groups excluding carboxylic acids is 4. The number of piperidine rings is 3. The second kappa shape index (κ2) is 18.9. The van der Waals surface area contributed by atoms with Gasteiger partial charge in [0.05, 0.1) is 43.1 Å². The van der Waals surface area contributed by atoms with Gasteiger partial charge in [0.15, 0.2) is 17.4 Å². The topological polar surface area (TPSA) is 178 Å². The van der Waals surface area contributed by atoms with Gasteiger partial charge in [-0.05, 0) is 108 Å². The number of imide groups is 1. The van der Waals surface area contributed by atoms with Gasteiger partial charge in [-0.25, -0.2) is 9.37 Å². The minimum atomic E-state index is -0.828. The van der Waals surface area contributed by atoms with E-state index in [1.54, 1.807) is 30.9 Å². The van der Waals surface area contributed by atoms with Crippen LogP contribution in [0.2, 0.25) is 5.02 Å². The number of aromatic nitrogens is 3. The lowest BCUT2D eigenvalue weighted by atomic mass is 9.82. The zero-order chi connectivity index (χ0) is 46.4. The van der Waals surface area contributed by atoms with E-state index in [0.717, 1.165) is 81.2 Å². The lowest BCUT2D eigenvalue weighted by Crippen LogP contribution is -2.52. The molecule has 2 aromatic heterocycles. The van der Waals surface area contributed by atoms with Crippen LogP contribution in [0.25, 0.3) is 10.9 Å². The first-order chi connectivity index (χ1) is 31.8. The monoisotopic (exact) mass is 926 g/mol. The summed E-state index contributed by atoms with van der Waals surface area (Å²) in [7, 11) is 1.54. The van der Waals surface area contributed by atoms with Gasteiger partial charge in [0, 0.05) is 60.2 Å². The summed E-state index contributed by atoms with van der Waals surface area (Å²) < 4.78 is 35.5. The standard InChI is InChI=1S/C48H56ClFN8O8/c1-5-31(59)25-65-40-19-28-18-29(6-7-38(28)58(26(2)3)46(40)62)52-44-36(49)23-51-48(54-44)56-16-12-32(13-17-56)66-33-20-30(21-33)55-14-10-27(11-15-55)34-22-37(50)42-35(43(34)64-4)24-57(47(42)63)39-8-9-41(60)53-45(39)61/h6-7,18-19,22-23,26-27,30,32-33,39H,5,8-17,20-21,24-25H2,1-4H3,(H,51,52,54)(H,53,60,61). The van der Waals surface area contributed by atoms with Gasteiger partial charge in [0.25, 0.3) is 11.5 Å². The minimum absolute atomic E-state index is 0.0467. The van der Waals surface area contributed by atoms with E-state index in [0.29, 0.717) is 46.3 Å². The van der Waals surface area contributed by atoms with Gasteiger partial charge in [-0.2, -0.15) is 4.98 Å². The zero-order valence-corrected chi connectivity index (χ0v) is 38.5. The number of Topliss-reactive ketones (excluding diaryl/α,β-unsaturated/α-hetero) is 1. The van der Waals surface area contributed by atoms with E-state index in [2.05, 4.69) is 25.4 Å². The Morgan fingerprint density at radius 2 is 1.76 bits per heavy atom. The lowest BCUT2D eigenvalue weighted by Gasteiger charge is -2.47. The highest BCUT2D eigenvalue weighted by molar-refractivity contribution is 6.33. The number of ketones is 1. The fraction of sp³-hybridized carbons (Fsp3) is 0.521. The van der Waals surface area contributed by atoms with Crippen LogP contribution < -0.4 is 30.6 Å².